The first-order chi connectivity index (χ1) is 9.24. The zero-order chi connectivity index (χ0) is 13.5. The van der Waals surface area contributed by atoms with Gasteiger partial charge in [-0.1, -0.05) is 36.4 Å². The maximum atomic E-state index is 8.71. The zero-order valence-electron chi connectivity index (χ0n) is 10.4. The predicted octanol–water partition coefficient (Wildman–Crippen LogP) is 1.66. The van der Waals surface area contributed by atoms with Crippen molar-refractivity contribution in [3.8, 4) is 11.5 Å². The third-order valence-electron chi connectivity index (χ3n) is 2.55. The maximum Gasteiger partial charge on any atom is 0.707 e. The van der Waals surface area contributed by atoms with E-state index < -0.39 is 7.32 Å². The third-order valence-corrected chi connectivity index (χ3v) is 2.55. The summed E-state index contributed by atoms with van der Waals surface area (Å²) in [6, 6.07) is 16.8. The smallest absolute Gasteiger partial charge is 0.512 e. The van der Waals surface area contributed by atoms with E-state index in [1.165, 1.54) is 5.56 Å². The molecule has 0 aliphatic carbocycles. The van der Waals surface area contributed by atoms with Crippen LogP contribution in [-0.2, 0) is 6.42 Å². The SMILES string of the molecule is OB(O)Oc1cccc(OCCc2ccccc2)c1. The molecule has 0 aliphatic heterocycles. The Labute approximate surface area is 112 Å². The van der Waals surface area contributed by atoms with Crippen LogP contribution in [-0.4, -0.2) is 24.0 Å². The molecule has 0 saturated heterocycles. The quantitative estimate of drug-likeness (QED) is 0.773. The fourth-order valence-corrected chi connectivity index (χ4v) is 1.69. The fraction of sp³-hybridized carbons (Fsp3) is 0.143. The van der Waals surface area contributed by atoms with Gasteiger partial charge in [-0.15, -0.1) is 0 Å². The molecule has 0 radical (unpaired) electrons. The number of benzene rings is 2. The van der Waals surface area contributed by atoms with E-state index in [4.69, 9.17) is 19.4 Å². The van der Waals surface area contributed by atoms with E-state index in [0.717, 1.165) is 6.42 Å². The van der Waals surface area contributed by atoms with Gasteiger partial charge >= 0.3 is 7.32 Å². The Morgan fingerprint density at radius 1 is 0.895 bits per heavy atom. The average molecular weight is 258 g/mol. The summed E-state index contributed by atoms with van der Waals surface area (Å²) in [7, 11) is -1.82. The van der Waals surface area contributed by atoms with Gasteiger partial charge in [-0.25, -0.2) is 0 Å². The molecule has 2 N–H and O–H groups in total. The molecule has 0 unspecified atom stereocenters. The van der Waals surface area contributed by atoms with Gasteiger partial charge < -0.3 is 19.4 Å². The summed E-state index contributed by atoms with van der Waals surface area (Å²) in [4.78, 5) is 0. The minimum atomic E-state index is -1.82. The van der Waals surface area contributed by atoms with Gasteiger partial charge in [0.05, 0.1) is 6.61 Å². The van der Waals surface area contributed by atoms with Gasteiger partial charge in [0.2, 0.25) is 0 Å². The molecule has 0 aromatic heterocycles. The van der Waals surface area contributed by atoms with Crippen LogP contribution in [0.3, 0.4) is 0 Å². The molecular formula is C14H15BO4. The van der Waals surface area contributed by atoms with Crippen LogP contribution < -0.4 is 9.39 Å². The van der Waals surface area contributed by atoms with Crippen molar-refractivity contribution in [3.05, 3.63) is 60.2 Å². The summed E-state index contributed by atoms with van der Waals surface area (Å²) >= 11 is 0. The van der Waals surface area contributed by atoms with Crippen molar-refractivity contribution in [2.24, 2.45) is 0 Å². The molecule has 2 aromatic carbocycles. The first-order valence-electron chi connectivity index (χ1n) is 6.03. The molecule has 4 nitrogen and oxygen atoms in total. The van der Waals surface area contributed by atoms with E-state index in [-0.39, 0.29) is 0 Å². The summed E-state index contributed by atoms with van der Waals surface area (Å²) < 4.78 is 10.3. The highest BCUT2D eigenvalue weighted by atomic mass is 16.6. The minimum Gasteiger partial charge on any atom is -0.512 e. The normalized spacial score (nSPS) is 10.0. The molecule has 0 fully saturated rings. The Hall–Kier alpha value is -1.98. The molecule has 0 heterocycles. The van der Waals surface area contributed by atoms with Gasteiger partial charge in [0, 0.05) is 12.5 Å². The van der Waals surface area contributed by atoms with Crippen molar-refractivity contribution in [1.29, 1.82) is 0 Å². The van der Waals surface area contributed by atoms with Gasteiger partial charge in [0.1, 0.15) is 11.5 Å². The van der Waals surface area contributed by atoms with Crippen LogP contribution in [0.2, 0.25) is 0 Å². The van der Waals surface area contributed by atoms with Crippen molar-refractivity contribution in [2.45, 2.75) is 6.42 Å². The van der Waals surface area contributed by atoms with E-state index in [9.17, 15) is 0 Å². The van der Waals surface area contributed by atoms with E-state index in [1.807, 2.05) is 30.3 Å². The second-order valence-corrected chi connectivity index (χ2v) is 4.00. The minimum absolute atomic E-state index is 0.354. The third kappa shape index (κ3) is 4.65. The predicted molar refractivity (Wildman–Crippen MR) is 72.9 cm³/mol. The summed E-state index contributed by atoms with van der Waals surface area (Å²) in [5.41, 5.74) is 1.21. The summed E-state index contributed by atoms with van der Waals surface area (Å²) in [5.74, 6) is 0.987. The van der Waals surface area contributed by atoms with Gasteiger partial charge in [0.15, 0.2) is 0 Å². The lowest BCUT2D eigenvalue weighted by Gasteiger charge is -2.09. The van der Waals surface area contributed by atoms with E-state index >= 15 is 0 Å². The summed E-state index contributed by atoms with van der Waals surface area (Å²) in [6.45, 7) is 0.551. The van der Waals surface area contributed by atoms with Crippen LogP contribution in [0, 0.1) is 0 Å². The van der Waals surface area contributed by atoms with Crippen molar-refractivity contribution >= 4 is 7.32 Å². The summed E-state index contributed by atoms with van der Waals surface area (Å²) in [6.07, 6.45) is 0.814. The van der Waals surface area contributed by atoms with Crippen molar-refractivity contribution in [2.75, 3.05) is 6.61 Å². The number of hydrogen-bond acceptors (Lipinski definition) is 4. The van der Waals surface area contributed by atoms with Crippen LogP contribution in [0.15, 0.2) is 54.6 Å². The van der Waals surface area contributed by atoms with Crippen molar-refractivity contribution < 1.29 is 19.4 Å². The van der Waals surface area contributed by atoms with Crippen LogP contribution >= 0.6 is 0 Å². The molecule has 2 rings (SSSR count). The molecule has 0 amide bonds. The van der Waals surface area contributed by atoms with Crippen LogP contribution in [0.1, 0.15) is 5.56 Å². The van der Waals surface area contributed by atoms with Crippen molar-refractivity contribution in [1.82, 2.24) is 0 Å². The lowest BCUT2D eigenvalue weighted by molar-refractivity contribution is 0.285. The first-order valence-corrected chi connectivity index (χ1v) is 6.03. The van der Waals surface area contributed by atoms with E-state index in [1.54, 1.807) is 24.3 Å². The maximum absolute atomic E-state index is 8.71. The zero-order valence-corrected chi connectivity index (χ0v) is 10.4. The fourth-order valence-electron chi connectivity index (χ4n) is 1.69. The number of hydrogen-bond donors (Lipinski definition) is 2. The second kappa shape index (κ2) is 6.82. The topological polar surface area (TPSA) is 58.9 Å². The second-order valence-electron chi connectivity index (χ2n) is 4.00. The standard InChI is InChI=1S/C14H15BO4/c16-15(17)19-14-8-4-7-13(11-14)18-10-9-12-5-2-1-3-6-12/h1-8,11,16-17H,9-10H2. The molecule has 2 aromatic rings. The molecular weight excluding hydrogens is 243 g/mol. The molecule has 98 valence electrons. The van der Waals surface area contributed by atoms with E-state index in [2.05, 4.69) is 0 Å². The Kier molecular flexibility index (Phi) is 4.83. The lowest BCUT2D eigenvalue weighted by Crippen LogP contribution is -2.20. The molecule has 0 spiro atoms. The highest BCUT2D eigenvalue weighted by Gasteiger charge is 2.11. The van der Waals surface area contributed by atoms with Gasteiger partial charge in [0.25, 0.3) is 0 Å². The highest BCUT2D eigenvalue weighted by Crippen LogP contribution is 2.19. The molecule has 0 atom stereocenters. The molecule has 0 aliphatic rings. The lowest BCUT2D eigenvalue weighted by atomic mass is 10.2. The largest absolute Gasteiger partial charge is 0.707 e. The molecule has 0 saturated carbocycles. The Morgan fingerprint density at radius 3 is 2.37 bits per heavy atom. The average Bonchev–Trinajstić information content (AvgIpc) is 2.40. The molecule has 0 bridgehead atoms. The van der Waals surface area contributed by atoms with Crippen LogP contribution in [0.25, 0.3) is 0 Å². The highest BCUT2D eigenvalue weighted by molar-refractivity contribution is 6.33. The molecule has 5 heteroatoms. The summed E-state index contributed by atoms with van der Waals surface area (Å²) in [5, 5.41) is 17.4. The van der Waals surface area contributed by atoms with E-state index in [0.29, 0.717) is 18.1 Å². The van der Waals surface area contributed by atoms with Crippen LogP contribution in [0.4, 0.5) is 0 Å². The monoisotopic (exact) mass is 258 g/mol. The Morgan fingerprint density at radius 2 is 1.63 bits per heavy atom. The first kappa shape index (κ1) is 13.5. The number of rotatable bonds is 6. The van der Waals surface area contributed by atoms with Gasteiger partial charge in [-0.2, -0.15) is 0 Å². The van der Waals surface area contributed by atoms with Gasteiger partial charge in [-0.3, -0.25) is 0 Å². The Balaban J connectivity index is 1.86. The van der Waals surface area contributed by atoms with Crippen molar-refractivity contribution in [3.63, 3.8) is 0 Å². The number of ether oxygens (including phenoxy) is 1. The Bertz CT molecular complexity index is 502. The van der Waals surface area contributed by atoms with Crippen LogP contribution in [0.5, 0.6) is 11.5 Å². The van der Waals surface area contributed by atoms with Gasteiger partial charge in [-0.05, 0) is 17.7 Å². The molecule has 19 heavy (non-hydrogen) atoms.